The number of ether oxygens (including phenoxy) is 4. The molecule has 2 saturated heterocycles. The highest BCUT2D eigenvalue weighted by molar-refractivity contribution is 5.76. The second-order valence-electron chi connectivity index (χ2n) is 6.66. The minimum atomic E-state index is -0.524. The van der Waals surface area contributed by atoms with Gasteiger partial charge in [-0.25, -0.2) is 0 Å². The summed E-state index contributed by atoms with van der Waals surface area (Å²) >= 11 is 0. The van der Waals surface area contributed by atoms with E-state index in [0.717, 1.165) is 11.1 Å². The average Bonchev–Trinajstić information content (AvgIpc) is 3.24. The molecule has 4 rings (SSSR count). The Balaban J connectivity index is 1.72. The highest BCUT2D eigenvalue weighted by Gasteiger charge is 2.54. The molecule has 0 amide bonds. The van der Waals surface area contributed by atoms with Gasteiger partial charge in [0.05, 0.1) is 39.0 Å². The fraction of sp³-hybridized carbons (Fsp3) is 0.350. The minimum Gasteiger partial charge on any atom is -0.504 e. The van der Waals surface area contributed by atoms with Gasteiger partial charge in [-0.15, -0.1) is 0 Å². The number of phenols is 2. The topological polar surface area (TPSA) is 94.5 Å². The first-order valence-corrected chi connectivity index (χ1v) is 8.59. The molecule has 2 fully saturated rings. The Morgan fingerprint density at radius 3 is 2.04 bits per heavy atom. The molecule has 7 nitrogen and oxygen atoms in total. The number of esters is 1. The summed E-state index contributed by atoms with van der Waals surface area (Å²) in [5, 5.41) is 19.7. The molecule has 27 heavy (non-hydrogen) atoms. The molecule has 7 heteroatoms. The van der Waals surface area contributed by atoms with Crippen LogP contribution in [0.5, 0.6) is 23.0 Å². The number of aromatic hydroxyl groups is 2. The molecule has 0 spiro atoms. The monoisotopic (exact) mass is 372 g/mol. The number of fused-ring (bicyclic) bond motifs is 1. The van der Waals surface area contributed by atoms with Gasteiger partial charge >= 0.3 is 5.97 Å². The lowest BCUT2D eigenvalue weighted by Crippen LogP contribution is -2.18. The Bertz CT molecular complexity index is 879. The predicted molar refractivity (Wildman–Crippen MR) is 93.8 cm³/mol. The summed E-state index contributed by atoms with van der Waals surface area (Å²) in [6.45, 7) is 0.267. The maximum atomic E-state index is 12.4. The van der Waals surface area contributed by atoms with Gasteiger partial charge in [-0.3, -0.25) is 4.79 Å². The molecule has 0 unspecified atom stereocenters. The quantitative estimate of drug-likeness (QED) is 0.797. The van der Waals surface area contributed by atoms with E-state index < -0.39 is 12.0 Å². The Hall–Kier alpha value is -2.93. The van der Waals surface area contributed by atoms with Crippen LogP contribution in [0.1, 0.15) is 23.3 Å². The molecule has 2 aliphatic rings. The lowest BCUT2D eigenvalue weighted by molar-refractivity contribution is -0.145. The Morgan fingerprint density at radius 1 is 0.926 bits per heavy atom. The van der Waals surface area contributed by atoms with Crippen molar-refractivity contribution in [2.24, 2.45) is 11.8 Å². The summed E-state index contributed by atoms with van der Waals surface area (Å²) in [6.07, 6.45) is -0.912. The second-order valence-corrected chi connectivity index (χ2v) is 6.66. The van der Waals surface area contributed by atoms with Gasteiger partial charge in [0.25, 0.3) is 0 Å². The van der Waals surface area contributed by atoms with Crippen molar-refractivity contribution in [2.45, 2.75) is 12.2 Å². The number of cyclic esters (lactones) is 1. The van der Waals surface area contributed by atoms with Crippen molar-refractivity contribution in [1.82, 2.24) is 0 Å². The van der Waals surface area contributed by atoms with Crippen molar-refractivity contribution < 1.29 is 34.0 Å². The number of hydrogen-bond donors (Lipinski definition) is 2. The average molecular weight is 372 g/mol. The van der Waals surface area contributed by atoms with Crippen LogP contribution in [-0.4, -0.2) is 37.0 Å². The molecule has 0 aliphatic carbocycles. The predicted octanol–water partition coefficient (Wildman–Crippen LogP) is 2.72. The van der Waals surface area contributed by atoms with E-state index in [9.17, 15) is 15.0 Å². The highest BCUT2D eigenvalue weighted by atomic mass is 16.6. The lowest BCUT2D eigenvalue weighted by atomic mass is 9.85. The normalized spacial score (nSPS) is 26.5. The Kier molecular flexibility index (Phi) is 4.31. The van der Waals surface area contributed by atoms with Crippen LogP contribution in [0.4, 0.5) is 0 Å². The molecule has 2 N–H and O–H groups in total. The molecule has 2 heterocycles. The van der Waals surface area contributed by atoms with Crippen molar-refractivity contribution >= 4 is 5.97 Å². The van der Waals surface area contributed by atoms with Crippen LogP contribution in [-0.2, 0) is 14.3 Å². The smallest absolute Gasteiger partial charge is 0.312 e. The molecule has 0 bridgehead atoms. The maximum Gasteiger partial charge on any atom is 0.312 e. The second kappa shape index (κ2) is 6.66. The van der Waals surface area contributed by atoms with Crippen LogP contribution in [0.3, 0.4) is 0 Å². The third-order valence-corrected chi connectivity index (χ3v) is 5.22. The van der Waals surface area contributed by atoms with Crippen LogP contribution in [0.2, 0.25) is 0 Å². The summed E-state index contributed by atoms with van der Waals surface area (Å²) in [6, 6.07) is 9.90. The number of carbonyl (C=O) groups excluding carboxylic acids is 1. The van der Waals surface area contributed by atoms with Crippen LogP contribution < -0.4 is 9.47 Å². The fourth-order valence-corrected chi connectivity index (χ4v) is 3.87. The van der Waals surface area contributed by atoms with E-state index >= 15 is 0 Å². The van der Waals surface area contributed by atoms with E-state index in [1.807, 2.05) is 0 Å². The molecule has 2 aliphatic heterocycles. The van der Waals surface area contributed by atoms with E-state index in [0.29, 0.717) is 11.5 Å². The number of rotatable bonds is 4. The largest absolute Gasteiger partial charge is 0.504 e. The molecule has 0 aromatic heterocycles. The summed E-state index contributed by atoms with van der Waals surface area (Å²) in [4.78, 5) is 12.4. The number of hydrogen-bond acceptors (Lipinski definition) is 7. The van der Waals surface area contributed by atoms with Crippen molar-refractivity contribution in [3.05, 3.63) is 47.5 Å². The summed E-state index contributed by atoms with van der Waals surface area (Å²) < 4.78 is 21.9. The molecule has 2 aromatic carbocycles. The lowest BCUT2D eigenvalue weighted by Gasteiger charge is -2.19. The first-order chi connectivity index (χ1) is 13.0. The number of carbonyl (C=O) groups is 1. The summed E-state index contributed by atoms with van der Waals surface area (Å²) in [5.74, 6) is -0.203. The van der Waals surface area contributed by atoms with E-state index in [4.69, 9.17) is 18.9 Å². The zero-order valence-corrected chi connectivity index (χ0v) is 14.9. The fourth-order valence-electron chi connectivity index (χ4n) is 3.87. The molecule has 142 valence electrons. The van der Waals surface area contributed by atoms with Gasteiger partial charge in [0, 0.05) is 5.92 Å². The van der Waals surface area contributed by atoms with E-state index in [1.54, 1.807) is 30.3 Å². The first-order valence-electron chi connectivity index (χ1n) is 8.59. The standard InChI is InChI=1S/C20H20O7/c1-24-15-7-10(3-5-13(15)21)18-12-9-26-20(23)17(12)19(27-18)11-4-6-14(22)16(8-11)25-2/h3-8,12,17-19,21-22H,9H2,1-2H3/t12-,17-,18-,19-/m0/s1. The number of benzene rings is 2. The third kappa shape index (κ3) is 2.84. The zero-order valence-electron chi connectivity index (χ0n) is 14.9. The van der Waals surface area contributed by atoms with Gasteiger partial charge in [0.15, 0.2) is 23.0 Å². The minimum absolute atomic E-state index is 0.0182. The Labute approximate surface area is 156 Å². The van der Waals surface area contributed by atoms with E-state index in [2.05, 4.69) is 0 Å². The maximum absolute atomic E-state index is 12.4. The highest BCUT2D eigenvalue weighted by Crippen LogP contribution is 2.53. The number of methoxy groups -OCH3 is 2. The number of phenolic OH excluding ortho intramolecular Hbond substituents is 2. The molecule has 0 saturated carbocycles. The van der Waals surface area contributed by atoms with Gasteiger partial charge in [0.2, 0.25) is 0 Å². The van der Waals surface area contributed by atoms with Crippen LogP contribution in [0.25, 0.3) is 0 Å². The molecule has 4 atom stereocenters. The van der Waals surface area contributed by atoms with Crippen molar-refractivity contribution in [2.75, 3.05) is 20.8 Å². The van der Waals surface area contributed by atoms with Gasteiger partial charge in [-0.2, -0.15) is 0 Å². The van der Waals surface area contributed by atoms with Gasteiger partial charge in [0.1, 0.15) is 0 Å². The van der Waals surface area contributed by atoms with Crippen molar-refractivity contribution in [1.29, 1.82) is 0 Å². The Morgan fingerprint density at radius 2 is 1.48 bits per heavy atom. The van der Waals surface area contributed by atoms with Gasteiger partial charge in [-0.1, -0.05) is 12.1 Å². The SMILES string of the molecule is COc1cc([C@@H]2O[C@@H](c3ccc(O)c(OC)c3)[C@H]3C(=O)OC[C@@H]32)ccc1O. The summed E-state index contributed by atoms with van der Waals surface area (Å²) in [7, 11) is 2.94. The molecular formula is C20H20O7. The van der Waals surface area contributed by atoms with Crippen LogP contribution in [0.15, 0.2) is 36.4 Å². The first kappa shape index (κ1) is 17.5. The summed E-state index contributed by atoms with van der Waals surface area (Å²) in [5.41, 5.74) is 1.53. The van der Waals surface area contributed by atoms with E-state index in [1.165, 1.54) is 20.3 Å². The third-order valence-electron chi connectivity index (χ3n) is 5.22. The van der Waals surface area contributed by atoms with Crippen molar-refractivity contribution in [3.8, 4) is 23.0 Å². The molecule has 2 aromatic rings. The van der Waals surface area contributed by atoms with Gasteiger partial charge < -0.3 is 29.2 Å². The zero-order chi connectivity index (χ0) is 19.1. The molecule has 0 radical (unpaired) electrons. The van der Waals surface area contributed by atoms with Gasteiger partial charge in [-0.05, 0) is 35.4 Å². The van der Waals surface area contributed by atoms with E-state index in [-0.39, 0.29) is 36.1 Å². The van der Waals surface area contributed by atoms with Crippen LogP contribution in [0, 0.1) is 11.8 Å². The van der Waals surface area contributed by atoms with Crippen molar-refractivity contribution in [3.63, 3.8) is 0 Å². The van der Waals surface area contributed by atoms with Crippen LogP contribution >= 0.6 is 0 Å². The molecular weight excluding hydrogens is 352 g/mol.